The standard InChI is InChI=1S/C20H22N2O5/c1-11(23)17-15-10-14(18(20(25)26)22(15)19(17)24)16-9-13(21-27-16)8-7-12-5-3-2-4-6-12/h2-6,11,15-17,23H,7-10H2,1H3,(H,25,26)/t11-,15-,16+,17-/m1/s1. The molecule has 0 bridgehead atoms. The van der Waals surface area contributed by atoms with Crippen LogP contribution in [0.2, 0.25) is 0 Å². The van der Waals surface area contributed by atoms with Crippen LogP contribution < -0.4 is 0 Å². The average molecular weight is 370 g/mol. The highest BCUT2D eigenvalue weighted by molar-refractivity contribution is 6.00. The molecule has 2 N–H and O–H groups in total. The van der Waals surface area contributed by atoms with Crippen molar-refractivity contribution >= 4 is 17.6 Å². The molecule has 1 saturated heterocycles. The molecule has 1 aromatic carbocycles. The molecule has 0 aliphatic carbocycles. The number of nitrogens with zero attached hydrogens (tertiary/aromatic N) is 2. The molecule has 3 aliphatic rings. The molecule has 3 aliphatic heterocycles. The van der Waals surface area contributed by atoms with E-state index in [-0.39, 0.29) is 17.6 Å². The lowest BCUT2D eigenvalue weighted by molar-refractivity contribution is -0.161. The van der Waals surface area contributed by atoms with Crippen LogP contribution in [0.3, 0.4) is 0 Å². The van der Waals surface area contributed by atoms with E-state index < -0.39 is 24.1 Å². The maximum atomic E-state index is 12.3. The number of fused-ring (bicyclic) bond motifs is 1. The van der Waals surface area contributed by atoms with Gasteiger partial charge in [0.25, 0.3) is 0 Å². The third kappa shape index (κ3) is 3.02. The highest BCUT2D eigenvalue weighted by atomic mass is 16.6. The Labute approximate surface area is 156 Å². The number of hydrogen-bond acceptors (Lipinski definition) is 5. The highest BCUT2D eigenvalue weighted by Crippen LogP contribution is 2.46. The topological polar surface area (TPSA) is 99.4 Å². The van der Waals surface area contributed by atoms with Crippen LogP contribution in [-0.2, 0) is 20.8 Å². The molecule has 142 valence electrons. The zero-order valence-electron chi connectivity index (χ0n) is 15.0. The zero-order chi connectivity index (χ0) is 19.1. The molecule has 7 heteroatoms. The largest absolute Gasteiger partial charge is 0.477 e. The Balaban J connectivity index is 1.45. The van der Waals surface area contributed by atoms with E-state index in [1.165, 1.54) is 10.5 Å². The van der Waals surface area contributed by atoms with Crippen molar-refractivity contribution in [2.24, 2.45) is 11.1 Å². The molecule has 0 unspecified atom stereocenters. The second-order valence-electron chi connectivity index (χ2n) is 7.37. The molecule has 7 nitrogen and oxygen atoms in total. The van der Waals surface area contributed by atoms with Gasteiger partial charge in [-0.2, -0.15) is 0 Å². The van der Waals surface area contributed by atoms with Crippen molar-refractivity contribution in [2.45, 2.75) is 50.9 Å². The summed E-state index contributed by atoms with van der Waals surface area (Å²) in [6.45, 7) is 1.56. The Kier molecular flexibility index (Phi) is 4.47. The molecular weight excluding hydrogens is 348 g/mol. The van der Waals surface area contributed by atoms with Gasteiger partial charge in [-0.15, -0.1) is 0 Å². The van der Waals surface area contributed by atoms with E-state index >= 15 is 0 Å². The number of hydrogen-bond donors (Lipinski definition) is 2. The fourth-order valence-corrected chi connectivity index (χ4v) is 4.28. The van der Waals surface area contributed by atoms with E-state index in [0.29, 0.717) is 18.4 Å². The van der Waals surface area contributed by atoms with Gasteiger partial charge in [-0.25, -0.2) is 4.79 Å². The Hall–Kier alpha value is -2.67. The number of carboxylic acids is 1. The molecule has 1 aromatic rings. The van der Waals surface area contributed by atoms with Gasteiger partial charge in [-0.3, -0.25) is 4.79 Å². The molecule has 0 saturated carbocycles. The van der Waals surface area contributed by atoms with Crippen molar-refractivity contribution < 1.29 is 24.6 Å². The van der Waals surface area contributed by atoms with Crippen molar-refractivity contribution in [2.75, 3.05) is 0 Å². The normalized spacial score (nSPS) is 27.8. The van der Waals surface area contributed by atoms with Gasteiger partial charge in [0.1, 0.15) is 5.70 Å². The van der Waals surface area contributed by atoms with Crippen LogP contribution >= 0.6 is 0 Å². The van der Waals surface area contributed by atoms with Gasteiger partial charge in [0.2, 0.25) is 5.91 Å². The maximum absolute atomic E-state index is 12.3. The first-order valence-electron chi connectivity index (χ1n) is 9.20. The first kappa shape index (κ1) is 17.7. The maximum Gasteiger partial charge on any atom is 0.352 e. The quantitative estimate of drug-likeness (QED) is 0.743. The lowest BCUT2D eigenvalue weighted by Crippen LogP contribution is -2.61. The monoisotopic (exact) mass is 370 g/mol. The summed E-state index contributed by atoms with van der Waals surface area (Å²) in [5.41, 5.74) is 2.71. The molecular formula is C20H22N2O5. The molecule has 27 heavy (non-hydrogen) atoms. The summed E-state index contributed by atoms with van der Waals surface area (Å²) in [4.78, 5) is 30.9. The third-order valence-corrected chi connectivity index (χ3v) is 5.63. The Morgan fingerprint density at radius 1 is 1.30 bits per heavy atom. The number of amides is 1. The number of oxime groups is 1. The van der Waals surface area contributed by atoms with Gasteiger partial charge in [-0.05, 0) is 31.7 Å². The van der Waals surface area contributed by atoms with Gasteiger partial charge < -0.3 is 20.0 Å². The minimum absolute atomic E-state index is 0.00593. The van der Waals surface area contributed by atoms with Crippen LogP contribution in [0, 0.1) is 5.92 Å². The van der Waals surface area contributed by atoms with Crippen molar-refractivity contribution in [3.8, 4) is 0 Å². The molecule has 4 atom stereocenters. The summed E-state index contributed by atoms with van der Waals surface area (Å²) in [5.74, 6) is -2.01. The third-order valence-electron chi connectivity index (χ3n) is 5.63. The molecule has 0 spiro atoms. The van der Waals surface area contributed by atoms with Crippen LogP contribution in [-0.4, -0.2) is 51.0 Å². The first-order chi connectivity index (χ1) is 13.0. The summed E-state index contributed by atoms with van der Waals surface area (Å²) in [7, 11) is 0. The van der Waals surface area contributed by atoms with E-state index in [9.17, 15) is 19.8 Å². The molecule has 0 radical (unpaired) electrons. The smallest absolute Gasteiger partial charge is 0.352 e. The van der Waals surface area contributed by atoms with Crippen molar-refractivity contribution in [1.29, 1.82) is 0 Å². The Bertz CT molecular complexity index is 830. The second kappa shape index (κ2) is 6.81. The van der Waals surface area contributed by atoms with Crippen LogP contribution in [0.4, 0.5) is 0 Å². The number of carboxylic acid groups (broad SMARTS) is 1. The Morgan fingerprint density at radius 3 is 2.70 bits per heavy atom. The van der Waals surface area contributed by atoms with E-state index in [0.717, 1.165) is 18.6 Å². The number of benzene rings is 1. The lowest BCUT2D eigenvalue weighted by Gasteiger charge is -2.44. The zero-order valence-corrected chi connectivity index (χ0v) is 15.0. The lowest BCUT2D eigenvalue weighted by atomic mass is 9.82. The number of aliphatic hydroxyl groups excluding tert-OH is 1. The number of carbonyl (C=O) groups excluding carboxylic acids is 1. The van der Waals surface area contributed by atoms with Crippen LogP contribution in [0.1, 0.15) is 31.7 Å². The van der Waals surface area contributed by atoms with E-state index in [1.807, 2.05) is 18.2 Å². The predicted molar refractivity (Wildman–Crippen MR) is 96.8 cm³/mol. The van der Waals surface area contributed by atoms with Crippen LogP contribution in [0.15, 0.2) is 46.8 Å². The summed E-state index contributed by atoms with van der Waals surface area (Å²) in [5, 5.41) is 23.6. The van der Waals surface area contributed by atoms with Crippen LogP contribution in [0.25, 0.3) is 0 Å². The van der Waals surface area contributed by atoms with E-state index in [2.05, 4.69) is 17.3 Å². The molecule has 1 fully saturated rings. The van der Waals surface area contributed by atoms with Crippen LogP contribution in [0.5, 0.6) is 0 Å². The highest BCUT2D eigenvalue weighted by Gasteiger charge is 2.58. The minimum atomic E-state index is -1.13. The fraction of sp³-hybridized carbons (Fsp3) is 0.450. The predicted octanol–water partition coefficient (Wildman–Crippen LogP) is 1.71. The van der Waals surface area contributed by atoms with Gasteiger partial charge >= 0.3 is 5.97 Å². The molecule has 4 rings (SSSR count). The van der Waals surface area contributed by atoms with E-state index in [4.69, 9.17) is 4.84 Å². The summed E-state index contributed by atoms with van der Waals surface area (Å²) < 4.78 is 0. The minimum Gasteiger partial charge on any atom is -0.477 e. The SMILES string of the molecule is C[C@@H](O)[C@H]1C(=O)N2C(C(=O)O)=C([C@@H]3CC(CCc4ccccc4)=NO3)C[C@H]12. The van der Waals surface area contributed by atoms with Gasteiger partial charge in [0.05, 0.1) is 23.8 Å². The van der Waals surface area contributed by atoms with Crippen molar-refractivity contribution in [1.82, 2.24) is 4.90 Å². The Morgan fingerprint density at radius 2 is 2.04 bits per heavy atom. The molecule has 3 heterocycles. The number of β-lactam (4-membered cyclic amide) rings is 1. The number of rotatable bonds is 6. The van der Waals surface area contributed by atoms with Gasteiger partial charge in [0, 0.05) is 12.0 Å². The average Bonchev–Trinajstić information content (AvgIpc) is 3.23. The molecule has 0 aromatic heterocycles. The van der Waals surface area contributed by atoms with Crippen molar-refractivity contribution in [3.05, 3.63) is 47.2 Å². The molecule has 1 amide bonds. The number of carbonyl (C=O) groups is 2. The summed E-state index contributed by atoms with van der Waals surface area (Å²) in [6.07, 6.45) is 1.30. The number of aliphatic carboxylic acids is 1. The first-order valence-corrected chi connectivity index (χ1v) is 9.20. The fourth-order valence-electron chi connectivity index (χ4n) is 4.28. The number of aliphatic hydroxyl groups is 1. The van der Waals surface area contributed by atoms with E-state index in [1.54, 1.807) is 6.92 Å². The summed E-state index contributed by atoms with van der Waals surface area (Å²) >= 11 is 0. The van der Waals surface area contributed by atoms with Crippen molar-refractivity contribution in [3.63, 3.8) is 0 Å². The second-order valence-corrected chi connectivity index (χ2v) is 7.37. The summed E-state index contributed by atoms with van der Waals surface area (Å²) in [6, 6.07) is 9.78. The van der Waals surface area contributed by atoms with Gasteiger partial charge in [0.15, 0.2) is 6.10 Å². The number of aryl methyl sites for hydroxylation is 1. The van der Waals surface area contributed by atoms with Gasteiger partial charge in [-0.1, -0.05) is 35.5 Å².